The number of carbonyl (C=O) groups is 1. The Morgan fingerprint density at radius 2 is 1.65 bits per heavy atom. The first-order valence-electron chi connectivity index (χ1n) is 18.7. The summed E-state index contributed by atoms with van der Waals surface area (Å²) >= 11 is 0. The zero-order valence-corrected chi connectivity index (χ0v) is 30.5. The predicted molar refractivity (Wildman–Crippen MR) is 176 cm³/mol. The molecule has 16 atom stereocenters. The number of hydrogen-bond acceptors (Lipinski definition) is 11. The van der Waals surface area contributed by atoms with E-state index in [-0.39, 0.29) is 39.6 Å². The van der Waals surface area contributed by atoms with Gasteiger partial charge in [-0.2, -0.15) is 0 Å². The van der Waals surface area contributed by atoms with E-state index in [4.69, 9.17) is 18.9 Å². The number of aliphatic hydroxyl groups excluding tert-OH is 5. The molecule has 0 aromatic carbocycles. The second-order valence-electron chi connectivity index (χ2n) is 18.6. The van der Waals surface area contributed by atoms with E-state index in [0.29, 0.717) is 18.1 Å². The monoisotopic (exact) mass is 692 g/mol. The number of hydrogen-bond donors (Lipinski definition) is 6. The van der Waals surface area contributed by atoms with E-state index >= 15 is 0 Å². The van der Waals surface area contributed by atoms with Crippen molar-refractivity contribution in [3.8, 4) is 0 Å². The minimum atomic E-state index is -1.36. The Hall–Kier alpha value is -1.31. The van der Waals surface area contributed by atoms with E-state index in [1.165, 1.54) is 12.5 Å². The first-order valence-corrected chi connectivity index (χ1v) is 18.7. The number of allylic oxidation sites excluding steroid dienone is 1. The van der Waals surface area contributed by atoms with E-state index in [2.05, 4.69) is 34.6 Å². The lowest BCUT2D eigenvalue weighted by molar-refractivity contribution is -0.247. The maximum absolute atomic E-state index is 12.5. The first-order chi connectivity index (χ1) is 22.7. The van der Waals surface area contributed by atoms with Gasteiger partial charge in [0.05, 0.1) is 18.3 Å². The topological polar surface area (TPSA) is 175 Å². The molecule has 11 nitrogen and oxygen atoms in total. The van der Waals surface area contributed by atoms with Crippen LogP contribution < -0.4 is 0 Å². The lowest BCUT2D eigenvalue weighted by Crippen LogP contribution is -2.60. The SMILES string of the molecule is CC(=O)O[C@H]([C@H]1C[C@@H](C)C2=C(O1)[C@H](O)[C@@]1(C)[C@H]3CC[C@@H]4C(C)(C)[C@@H](O[C@@H]5O[C@@H]([C@@H](O)CO)[C@H](O)[C@H]5O)CC[C@@]45C[C@@]35CC[C@]21C)C(C)(C)O. The Bertz CT molecular complexity index is 1370. The second-order valence-corrected chi connectivity index (χ2v) is 18.6. The molecular formula is C38H60O11. The molecule has 7 aliphatic rings. The van der Waals surface area contributed by atoms with Crippen molar-refractivity contribution in [2.75, 3.05) is 6.61 Å². The van der Waals surface area contributed by atoms with Gasteiger partial charge in [-0.3, -0.25) is 4.79 Å². The summed E-state index contributed by atoms with van der Waals surface area (Å²) in [5, 5.41) is 64.3. The lowest BCUT2D eigenvalue weighted by atomic mass is 9.41. The number of carbonyl (C=O) groups excluding carboxylic acids is 1. The average Bonchev–Trinajstić information content (AvgIpc) is 3.55. The summed E-state index contributed by atoms with van der Waals surface area (Å²) in [6.07, 6.45) is -1.24. The summed E-state index contributed by atoms with van der Waals surface area (Å²) in [6, 6.07) is 0. The van der Waals surface area contributed by atoms with Crippen molar-refractivity contribution < 1.29 is 54.4 Å². The largest absolute Gasteiger partial charge is 0.488 e. The third kappa shape index (κ3) is 4.71. The highest BCUT2D eigenvalue weighted by Crippen LogP contribution is 2.89. The van der Waals surface area contributed by atoms with Crippen molar-refractivity contribution in [2.24, 2.45) is 44.8 Å². The van der Waals surface area contributed by atoms with Gasteiger partial charge in [-0.25, -0.2) is 0 Å². The standard InChI is InChI=1S/C38H60O11/c1-18-15-21(31(34(5,6)45)46-19(2)40)47-29-25(18)35(7)13-14-38-17-37(38)12-11-24(48-32-27(43)26(42)28(49-32)20(41)16-39)33(3,4)22(37)9-10-23(38)36(35,8)30(29)44/h18,20-24,26-28,30-32,39,41-45H,9-17H2,1-8H3/t18-,20+,21-,22-,23-,24+,26-,27-,28+,30+,31-,32-,35-,36-,37-,38+/m1/s1. The molecule has 2 aliphatic heterocycles. The molecule has 5 fully saturated rings. The van der Waals surface area contributed by atoms with Gasteiger partial charge in [0.15, 0.2) is 12.4 Å². The highest BCUT2D eigenvalue weighted by Gasteiger charge is 2.83. The number of aliphatic hydroxyl groups is 6. The van der Waals surface area contributed by atoms with Crippen molar-refractivity contribution in [1.29, 1.82) is 0 Å². The summed E-state index contributed by atoms with van der Waals surface area (Å²) in [6.45, 7) is 15.3. The molecule has 0 radical (unpaired) electrons. The Morgan fingerprint density at radius 3 is 2.29 bits per heavy atom. The fraction of sp³-hybridized carbons (Fsp3) is 0.921. The van der Waals surface area contributed by atoms with Crippen molar-refractivity contribution in [3.63, 3.8) is 0 Å². The molecule has 49 heavy (non-hydrogen) atoms. The molecule has 11 heteroatoms. The maximum atomic E-state index is 12.5. The summed E-state index contributed by atoms with van der Waals surface area (Å²) < 4.78 is 24.6. The minimum Gasteiger partial charge on any atom is -0.488 e. The van der Waals surface area contributed by atoms with E-state index in [0.717, 1.165) is 44.9 Å². The van der Waals surface area contributed by atoms with Crippen LogP contribution in [0.2, 0.25) is 0 Å². The summed E-state index contributed by atoms with van der Waals surface area (Å²) in [5.74, 6) is 0.890. The Labute approximate surface area is 290 Å². The van der Waals surface area contributed by atoms with Crippen molar-refractivity contribution in [2.45, 2.75) is 167 Å². The smallest absolute Gasteiger partial charge is 0.303 e. The van der Waals surface area contributed by atoms with Crippen LogP contribution in [0.1, 0.15) is 107 Å². The van der Waals surface area contributed by atoms with Gasteiger partial charge in [0.2, 0.25) is 0 Å². The van der Waals surface area contributed by atoms with Gasteiger partial charge >= 0.3 is 5.97 Å². The molecule has 4 saturated carbocycles. The van der Waals surface area contributed by atoms with E-state index in [9.17, 15) is 35.4 Å². The van der Waals surface area contributed by atoms with Gasteiger partial charge in [-0.05, 0) is 105 Å². The first kappa shape index (κ1) is 36.1. The molecule has 0 unspecified atom stereocenters. The molecule has 0 aromatic heterocycles. The van der Waals surface area contributed by atoms with Crippen molar-refractivity contribution >= 4 is 5.97 Å². The zero-order chi connectivity index (χ0) is 35.9. The molecule has 2 spiro atoms. The van der Waals surface area contributed by atoms with Crippen LogP contribution in [0.25, 0.3) is 0 Å². The summed E-state index contributed by atoms with van der Waals surface area (Å²) in [4.78, 5) is 12.1. The fourth-order valence-electron chi connectivity index (χ4n) is 13.3. The van der Waals surface area contributed by atoms with Crippen LogP contribution in [-0.2, 0) is 23.7 Å². The van der Waals surface area contributed by atoms with Gasteiger partial charge in [0.25, 0.3) is 0 Å². The molecule has 278 valence electrons. The van der Waals surface area contributed by atoms with Gasteiger partial charge in [-0.1, -0.05) is 34.6 Å². The van der Waals surface area contributed by atoms with Gasteiger partial charge < -0.3 is 49.6 Å². The van der Waals surface area contributed by atoms with E-state index in [1.807, 2.05) is 0 Å². The van der Waals surface area contributed by atoms with Crippen LogP contribution in [0.15, 0.2) is 11.3 Å². The molecule has 2 heterocycles. The number of ether oxygens (including phenoxy) is 4. The normalized spacial score (nSPS) is 51.0. The summed E-state index contributed by atoms with van der Waals surface area (Å²) in [7, 11) is 0. The lowest BCUT2D eigenvalue weighted by Gasteiger charge is -2.63. The minimum absolute atomic E-state index is 0.0884. The highest BCUT2D eigenvalue weighted by atomic mass is 16.7. The third-order valence-corrected chi connectivity index (χ3v) is 15.6. The molecule has 6 N–H and O–H groups in total. The molecule has 0 aromatic rings. The Balaban J connectivity index is 1.13. The molecule has 1 saturated heterocycles. The average molecular weight is 693 g/mol. The third-order valence-electron chi connectivity index (χ3n) is 15.6. The van der Waals surface area contributed by atoms with E-state index < -0.39 is 72.6 Å². The van der Waals surface area contributed by atoms with Crippen LogP contribution in [0.4, 0.5) is 0 Å². The maximum Gasteiger partial charge on any atom is 0.303 e. The van der Waals surface area contributed by atoms with Gasteiger partial charge in [0, 0.05) is 17.8 Å². The summed E-state index contributed by atoms with van der Waals surface area (Å²) in [5.41, 5.74) is -0.872. The van der Waals surface area contributed by atoms with Crippen LogP contribution in [0, 0.1) is 44.8 Å². The fourth-order valence-corrected chi connectivity index (χ4v) is 13.3. The van der Waals surface area contributed by atoms with Crippen LogP contribution in [0.3, 0.4) is 0 Å². The molecule has 7 rings (SSSR count). The van der Waals surface area contributed by atoms with Crippen LogP contribution in [-0.4, -0.2) is 104 Å². The highest BCUT2D eigenvalue weighted by molar-refractivity contribution is 5.66. The quantitative estimate of drug-likeness (QED) is 0.217. The van der Waals surface area contributed by atoms with Crippen LogP contribution >= 0.6 is 0 Å². The van der Waals surface area contributed by atoms with Crippen LogP contribution in [0.5, 0.6) is 0 Å². The second kappa shape index (κ2) is 11.3. The van der Waals surface area contributed by atoms with Crippen molar-refractivity contribution in [3.05, 3.63) is 11.3 Å². The molecular weight excluding hydrogens is 632 g/mol. The number of fused-ring (bicyclic) bond motifs is 3. The Morgan fingerprint density at radius 1 is 1.00 bits per heavy atom. The number of esters is 1. The molecule has 0 amide bonds. The van der Waals surface area contributed by atoms with E-state index in [1.54, 1.807) is 13.8 Å². The van der Waals surface area contributed by atoms with Gasteiger partial charge in [-0.15, -0.1) is 0 Å². The van der Waals surface area contributed by atoms with Crippen molar-refractivity contribution in [1.82, 2.24) is 0 Å². The Kier molecular flexibility index (Phi) is 8.35. The van der Waals surface area contributed by atoms with Gasteiger partial charge in [0.1, 0.15) is 42.4 Å². The number of rotatable bonds is 7. The predicted octanol–water partition coefficient (Wildman–Crippen LogP) is 2.96. The zero-order valence-electron chi connectivity index (χ0n) is 30.5. The molecule has 5 aliphatic carbocycles. The molecule has 0 bridgehead atoms.